The number of thiophene rings is 6. The fourth-order valence-electron chi connectivity index (χ4n) is 8.48. The van der Waals surface area contributed by atoms with Gasteiger partial charge in [-0.3, -0.25) is 0 Å². The van der Waals surface area contributed by atoms with Crippen LogP contribution < -0.4 is 9.47 Å². The third-order valence-electron chi connectivity index (χ3n) is 11.0. The molecule has 264 valence electrons. The fourth-order valence-corrected chi connectivity index (χ4v) is 15.9. The standard InChI is InChI=1S/C42H28N4O2S6/c1-45-23(21-43)17-25-9-11-29(49-25)31-19-27-35(51-31)37-33(47-41(27)13-5-3-6-14-41)39-40(53-37)34-38(54-39)36-28(42(48-34)15-7-4-8-16-42)20-32(52-36)30-12-10-26(50-30)18-24(22-44)46-2/h9-12,17-20H,3-8,13-16H2/b23-17-,24-18+. The quantitative estimate of drug-likeness (QED) is 0.131. The van der Waals surface area contributed by atoms with E-state index in [2.05, 4.69) is 34.0 Å². The Morgan fingerprint density at radius 3 is 1.39 bits per heavy atom. The van der Waals surface area contributed by atoms with Crippen LogP contribution >= 0.6 is 68.0 Å². The Morgan fingerprint density at radius 1 is 0.574 bits per heavy atom. The van der Waals surface area contributed by atoms with Crippen molar-refractivity contribution < 1.29 is 9.47 Å². The van der Waals surface area contributed by atoms with Gasteiger partial charge in [-0.2, -0.15) is 0 Å². The average Bonchev–Trinajstić information content (AvgIpc) is 4.05. The van der Waals surface area contributed by atoms with Gasteiger partial charge in [0.15, 0.2) is 11.5 Å². The molecule has 0 N–H and O–H groups in total. The molecule has 6 nitrogen and oxygen atoms in total. The molecular formula is C42H28N4O2S6. The number of rotatable bonds is 4. The van der Waals surface area contributed by atoms with Crippen molar-refractivity contribution in [3.05, 3.63) is 91.5 Å². The zero-order chi connectivity index (χ0) is 36.6. The summed E-state index contributed by atoms with van der Waals surface area (Å²) < 4.78 is 17.1. The molecule has 10 rings (SSSR count). The second-order valence-corrected chi connectivity index (χ2v) is 20.5. The van der Waals surface area contributed by atoms with Gasteiger partial charge in [0.1, 0.15) is 11.2 Å². The lowest BCUT2D eigenvalue weighted by Crippen LogP contribution is -2.37. The highest BCUT2D eigenvalue weighted by Crippen LogP contribution is 2.67. The first kappa shape index (κ1) is 34.0. The molecule has 8 heterocycles. The van der Waals surface area contributed by atoms with Crippen LogP contribution in [0.25, 0.3) is 70.3 Å². The number of allylic oxidation sites excluding steroid dienone is 2. The van der Waals surface area contributed by atoms with E-state index in [0.717, 1.165) is 82.4 Å². The molecule has 0 unspecified atom stereocenters. The monoisotopic (exact) mass is 812 g/mol. The predicted molar refractivity (Wildman–Crippen MR) is 224 cm³/mol. The van der Waals surface area contributed by atoms with E-state index in [-0.39, 0.29) is 22.6 Å². The maximum atomic E-state index is 9.32. The van der Waals surface area contributed by atoms with Gasteiger partial charge in [0.25, 0.3) is 11.4 Å². The van der Waals surface area contributed by atoms with E-state index in [1.54, 1.807) is 34.8 Å². The van der Waals surface area contributed by atoms with Crippen LogP contribution in [-0.4, -0.2) is 0 Å². The lowest BCUT2D eigenvalue weighted by Gasteiger charge is -2.41. The highest BCUT2D eigenvalue weighted by molar-refractivity contribution is 7.35. The maximum Gasteiger partial charge on any atom is 0.263 e. The third kappa shape index (κ3) is 5.28. The van der Waals surface area contributed by atoms with Crippen LogP contribution in [0.2, 0.25) is 0 Å². The Hall–Kier alpha value is -4.50. The highest BCUT2D eigenvalue weighted by Gasteiger charge is 2.48. The Labute approximate surface area is 336 Å². The smallest absolute Gasteiger partial charge is 0.263 e. The van der Waals surface area contributed by atoms with E-state index in [9.17, 15) is 10.5 Å². The van der Waals surface area contributed by atoms with Crippen LogP contribution in [0.5, 0.6) is 11.5 Å². The minimum absolute atomic E-state index is 0.0966. The molecule has 4 aliphatic rings. The summed E-state index contributed by atoms with van der Waals surface area (Å²) in [6.07, 6.45) is 14.3. The number of hydrogen-bond acceptors (Lipinski definition) is 10. The first-order valence-corrected chi connectivity index (χ1v) is 22.8. The Balaban J connectivity index is 1.11. The Bertz CT molecular complexity index is 2540. The summed E-state index contributed by atoms with van der Waals surface area (Å²) >= 11 is 10.6. The summed E-state index contributed by atoms with van der Waals surface area (Å²) in [6.45, 7) is 14.6. The Morgan fingerprint density at radius 2 is 1.00 bits per heavy atom. The Kier molecular flexibility index (Phi) is 8.24. The van der Waals surface area contributed by atoms with E-state index in [4.69, 9.17) is 22.6 Å². The predicted octanol–water partition coefficient (Wildman–Crippen LogP) is 14.5. The number of nitrogens with zero attached hydrogens (tertiary/aromatic N) is 4. The summed E-state index contributed by atoms with van der Waals surface area (Å²) in [4.78, 5) is 18.2. The largest absolute Gasteiger partial charge is 0.479 e. The molecule has 0 saturated heterocycles. The molecule has 6 aromatic rings. The van der Waals surface area contributed by atoms with Crippen LogP contribution in [0, 0.1) is 35.8 Å². The van der Waals surface area contributed by atoms with Gasteiger partial charge in [0.05, 0.1) is 54.2 Å². The number of hydrogen-bond donors (Lipinski definition) is 0. The summed E-state index contributed by atoms with van der Waals surface area (Å²) in [5.74, 6) is 2.04. The van der Waals surface area contributed by atoms with Gasteiger partial charge in [-0.15, -0.1) is 68.0 Å². The van der Waals surface area contributed by atoms with E-state index >= 15 is 0 Å². The first-order chi connectivity index (χ1) is 26.4. The number of fused-ring (bicyclic) bond motifs is 11. The van der Waals surface area contributed by atoms with Crippen molar-refractivity contribution in [2.75, 3.05) is 0 Å². The zero-order valence-corrected chi connectivity index (χ0v) is 33.6. The second-order valence-electron chi connectivity index (χ2n) is 14.1. The molecule has 2 saturated carbocycles. The highest BCUT2D eigenvalue weighted by atomic mass is 32.1. The van der Waals surface area contributed by atoms with Crippen molar-refractivity contribution in [2.24, 2.45) is 0 Å². The second kappa shape index (κ2) is 13.1. The van der Waals surface area contributed by atoms with Crippen molar-refractivity contribution in [2.45, 2.75) is 75.4 Å². The molecule has 2 fully saturated rings. The van der Waals surface area contributed by atoms with Gasteiger partial charge >= 0.3 is 0 Å². The summed E-state index contributed by atoms with van der Waals surface area (Å²) in [7, 11) is 0. The maximum absolute atomic E-state index is 9.32. The van der Waals surface area contributed by atoms with Gasteiger partial charge in [-0.1, -0.05) is 12.8 Å². The van der Waals surface area contributed by atoms with Gasteiger partial charge in [-0.25, -0.2) is 20.2 Å². The minimum Gasteiger partial charge on any atom is -0.479 e. The average molecular weight is 813 g/mol. The molecule has 54 heavy (non-hydrogen) atoms. The summed E-state index contributed by atoms with van der Waals surface area (Å²) in [6, 6.07) is 16.9. The third-order valence-corrected chi connectivity index (χ3v) is 18.5. The van der Waals surface area contributed by atoms with Crippen molar-refractivity contribution in [3.8, 4) is 62.7 Å². The van der Waals surface area contributed by atoms with Crippen LogP contribution in [0.4, 0.5) is 0 Å². The van der Waals surface area contributed by atoms with Crippen LogP contribution in [0.15, 0.2) is 47.8 Å². The number of ether oxygens (including phenoxy) is 2. The minimum atomic E-state index is -0.359. The fraction of sp³-hybridized carbons (Fsp3) is 0.286. The molecule has 2 aliphatic heterocycles. The van der Waals surface area contributed by atoms with Gasteiger partial charge in [0, 0.05) is 40.4 Å². The molecule has 0 bridgehead atoms. The molecule has 2 aliphatic carbocycles. The number of nitriles is 2. The van der Waals surface area contributed by atoms with Gasteiger partial charge in [-0.05, 0) is 99.9 Å². The first-order valence-electron chi connectivity index (χ1n) is 17.9. The SMILES string of the molecule is [C-]#[N+]/C(C#N)=C\c1ccc(-c2cc3c(s2)-c2sc4c5c(sc4c2OC32CCCCC2)-c2sc(-c3ccc(/C=C(\C#N)[N+]#[C-])s3)cc2C2(CCCCC2)O5)s1. The van der Waals surface area contributed by atoms with E-state index in [1.807, 2.05) is 69.6 Å². The van der Waals surface area contributed by atoms with E-state index < -0.39 is 0 Å². The van der Waals surface area contributed by atoms with Crippen molar-refractivity contribution >= 4 is 89.6 Å². The summed E-state index contributed by atoms with van der Waals surface area (Å²) in [5, 5.41) is 18.6. The topological polar surface area (TPSA) is 74.8 Å². The molecule has 12 heteroatoms. The summed E-state index contributed by atoms with van der Waals surface area (Å²) in [5.41, 5.74) is 2.09. The van der Waals surface area contributed by atoms with Gasteiger partial charge < -0.3 is 9.47 Å². The van der Waals surface area contributed by atoms with Crippen LogP contribution in [-0.2, 0) is 11.2 Å². The van der Waals surface area contributed by atoms with Crippen molar-refractivity contribution in [1.29, 1.82) is 10.5 Å². The lowest BCUT2D eigenvalue weighted by atomic mass is 9.78. The van der Waals surface area contributed by atoms with Crippen molar-refractivity contribution in [3.63, 3.8) is 0 Å². The molecule has 0 radical (unpaired) electrons. The van der Waals surface area contributed by atoms with E-state index in [1.165, 1.54) is 62.6 Å². The molecule has 0 aromatic carbocycles. The normalized spacial score (nSPS) is 18.0. The van der Waals surface area contributed by atoms with E-state index in [0.29, 0.717) is 0 Å². The van der Waals surface area contributed by atoms with Gasteiger partial charge in [0.2, 0.25) is 0 Å². The van der Waals surface area contributed by atoms with Crippen LogP contribution in [0.1, 0.15) is 85.1 Å². The molecule has 2 spiro atoms. The lowest BCUT2D eigenvalue weighted by molar-refractivity contribution is 0.0258. The van der Waals surface area contributed by atoms with Crippen molar-refractivity contribution in [1.82, 2.24) is 0 Å². The van der Waals surface area contributed by atoms with Crippen LogP contribution in [0.3, 0.4) is 0 Å². The molecule has 6 aromatic heterocycles. The molecular weight excluding hydrogens is 785 g/mol. The molecule has 0 amide bonds. The zero-order valence-electron chi connectivity index (χ0n) is 28.7. The molecule has 0 atom stereocenters.